The van der Waals surface area contributed by atoms with Crippen LogP contribution in [0.2, 0.25) is 0 Å². The lowest BCUT2D eigenvalue weighted by Crippen LogP contribution is -2.36. The lowest BCUT2D eigenvalue weighted by Gasteiger charge is -2.19. The maximum atomic E-state index is 12.1. The molecule has 3 rings (SSSR count). The van der Waals surface area contributed by atoms with E-state index in [0.29, 0.717) is 6.54 Å². The summed E-state index contributed by atoms with van der Waals surface area (Å²) in [7, 11) is 1.82. The molecule has 3 nitrogen and oxygen atoms in total. The van der Waals surface area contributed by atoms with Crippen LogP contribution in [0.5, 0.6) is 0 Å². The van der Waals surface area contributed by atoms with Crippen LogP contribution in [0.25, 0.3) is 0 Å². The minimum absolute atomic E-state index is 0.0370. The van der Waals surface area contributed by atoms with E-state index in [1.54, 1.807) is 4.90 Å². The van der Waals surface area contributed by atoms with Crippen LogP contribution < -0.4 is 5.32 Å². The largest absolute Gasteiger partial charge is 0.327 e. The van der Waals surface area contributed by atoms with Gasteiger partial charge >= 0.3 is 6.03 Å². The van der Waals surface area contributed by atoms with Gasteiger partial charge in [-0.1, -0.05) is 54.6 Å². The Kier molecular flexibility index (Phi) is 2.95. The smallest absolute Gasteiger partial charge is 0.318 e. The van der Waals surface area contributed by atoms with Crippen molar-refractivity contribution in [1.29, 1.82) is 0 Å². The zero-order valence-electron chi connectivity index (χ0n) is 10.8. The average molecular weight is 252 g/mol. The summed E-state index contributed by atoms with van der Waals surface area (Å²) in [5, 5.41) is 3.09. The van der Waals surface area contributed by atoms with E-state index in [4.69, 9.17) is 0 Å². The highest BCUT2D eigenvalue weighted by atomic mass is 16.2. The molecule has 1 heterocycles. The van der Waals surface area contributed by atoms with E-state index in [-0.39, 0.29) is 12.1 Å². The van der Waals surface area contributed by atoms with Crippen molar-refractivity contribution in [2.24, 2.45) is 0 Å². The Morgan fingerprint density at radius 1 is 1.05 bits per heavy atom. The van der Waals surface area contributed by atoms with Gasteiger partial charge < -0.3 is 10.2 Å². The molecule has 19 heavy (non-hydrogen) atoms. The summed E-state index contributed by atoms with van der Waals surface area (Å²) in [4.78, 5) is 13.8. The molecule has 0 aromatic heterocycles. The fraction of sp³-hybridized carbons (Fsp3) is 0.188. The molecule has 0 bridgehead atoms. The number of nitrogens with one attached hydrogen (secondary N) is 1. The first-order valence-electron chi connectivity index (χ1n) is 6.40. The van der Waals surface area contributed by atoms with E-state index in [1.807, 2.05) is 49.5 Å². The van der Waals surface area contributed by atoms with Crippen molar-refractivity contribution in [1.82, 2.24) is 10.2 Å². The first-order valence-corrected chi connectivity index (χ1v) is 6.40. The molecule has 0 radical (unpaired) electrons. The second-order valence-corrected chi connectivity index (χ2v) is 4.85. The van der Waals surface area contributed by atoms with Crippen LogP contribution in [0.3, 0.4) is 0 Å². The second kappa shape index (κ2) is 4.76. The lowest BCUT2D eigenvalue weighted by molar-refractivity contribution is 0.207. The van der Waals surface area contributed by atoms with E-state index in [9.17, 15) is 4.79 Å². The zero-order chi connectivity index (χ0) is 13.2. The highest BCUT2D eigenvalue weighted by Gasteiger charge is 2.25. The van der Waals surface area contributed by atoms with Gasteiger partial charge in [-0.05, 0) is 16.7 Å². The van der Waals surface area contributed by atoms with Gasteiger partial charge in [0.05, 0.1) is 6.04 Å². The van der Waals surface area contributed by atoms with Gasteiger partial charge in [-0.25, -0.2) is 4.79 Å². The molecule has 1 N–H and O–H groups in total. The molecule has 0 fully saturated rings. The standard InChI is InChI=1S/C16H16N2O/c1-18-11-13-9-5-6-10-14(13)15(17-16(18)19)12-7-3-2-4-8-12/h2-10,15H,11H2,1H3,(H,17,19). The molecule has 3 heteroatoms. The molecule has 0 saturated heterocycles. The van der Waals surface area contributed by atoms with Crippen molar-refractivity contribution in [3.05, 3.63) is 71.3 Å². The monoisotopic (exact) mass is 252 g/mol. The Balaban J connectivity index is 2.10. The summed E-state index contributed by atoms with van der Waals surface area (Å²) in [5.41, 5.74) is 3.47. The number of rotatable bonds is 1. The molecule has 0 aliphatic carbocycles. The van der Waals surface area contributed by atoms with E-state index in [1.165, 1.54) is 11.1 Å². The van der Waals surface area contributed by atoms with E-state index in [0.717, 1.165) is 5.56 Å². The van der Waals surface area contributed by atoms with Gasteiger partial charge in [0.1, 0.15) is 0 Å². The Morgan fingerprint density at radius 3 is 2.53 bits per heavy atom. The number of carbonyl (C=O) groups is 1. The molecule has 2 amide bonds. The average Bonchev–Trinajstić information content (AvgIpc) is 2.58. The van der Waals surface area contributed by atoms with Crippen molar-refractivity contribution in [2.75, 3.05) is 7.05 Å². The fourth-order valence-corrected chi connectivity index (χ4v) is 2.51. The highest BCUT2D eigenvalue weighted by Crippen LogP contribution is 2.28. The zero-order valence-corrected chi connectivity index (χ0v) is 10.8. The first-order chi connectivity index (χ1) is 9.25. The van der Waals surface area contributed by atoms with E-state index >= 15 is 0 Å². The third kappa shape index (κ3) is 2.19. The van der Waals surface area contributed by atoms with E-state index in [2.05, 4.69) is 17.4 Å². The number of fused-ring (bicyclic) bond motifs is 1. The van der Waals surface area contributed by atoms with Gasteiger partial charge in [0.25, 0.3) is 0 Å². The summed E-state index contributed by atoms with van der Waals surface area (Å²) >= 11 is 0. The summed E-state index contributed by atoms with van der Waals surface area (Å²) in [6.07, 6.45) is 0. The molecular weight excluding hydrogens is 236 g/mol. The fourth-order valence-electron chi connectivity index (χ4n) is 2.51. The quantitative estimate of drug-likeness (QED) is 0.831. The molecule has 96 valence electrons. The SMILES string of the molecule is CN1Cc2ccccc2C(c2ccccc2)NC1=O. The number of urea groups is 1. The molecule has 2 aromatic carbocycles. The predicted molar refractivity (Wildman–Crippen MR) is 74.7 cm³/mol. The van der Waals surface area contributed by atoms with Gasteiger partial charge in [-0.15, -0.1) is 0 Å². The van der Waals surface area contributed by atoms with Crippen molar-refractivity contribution in [3.63, 3.8) is 0 Å². The van der Waals surface area contributed by atoms with Crippen LogP contribution in [-0.4, -0.2) is 18.0 Å². The van der Waals surface area contributed by atoms with Crippen molar-refractivity contribution in [2.45, 2.75) is 12.6 Å². The molecule has 1 atom stereocenters. The van der Waals surface area contributed by atoms with Gasteiger partial charge in [-0.2, -0.15) is 0 Å². The van der Waals surface area contributed by atoms with Crippen LogP contribution in [0.1, 0.15) is 22.7 Å². The van der Waals surface area contributed by atoms with Crippen LogP contribution in [0.15, 0.2) is 54.6 Å². The molecule has 0 spiro atoms. The maximum absolute atomic E-state index is 12.1. The second-order valence-electron chi connectivity index (χ2n) is 4.85. The Hall–Kier alpha value is -2.29. The molecule has 0 saturated carbocycles. The number of benzene rings is 2. The van der Waals surface area contributed by atoms with Gasteiger partial charge in [0.15, 0.2) is 0 Å². The number of hydrogen-bond acceptors (Lipinski definition) is 1. The van der Waals surface area contributed by atoms with Gasteiger partial charge in [-0.3, -0.25) is 0 Å². The van der Waals surface area contributed by atoms with Crippen LogP contribution >= 0.6 is 0 Å². The van der Waals surface area contributed by atoms with Crippen LogP contribution in [-0.2, 0) is 6.54 Å². The summed E-state index contributed by atoms with van der Waals surface area (Å²) in [6.45, 7) is 0.644. The number of carbonyl (C=O) groups excluding carboxylic acids is 1. The van der Waals surface area contributed by atoms with Crippen LogP contribution in [0, 0.1) is 0 Å². The molecule has 1 aliphatic rings. The maximum Gasteiger partial charge on any atom is 0.318 e. The van der Waals surface area contributed by atoms with E-state index < -0.39 is 0 Å². The minimum atomic E-state index is -0.0742. The third-order valence-corrected chi connectivity index (χ3v) is 3.52. The normalized spacial score (nSPS) is 18.5. The van der Waals surface area contributed by atoms with Gasteiger partial charge in [0, 0.05) is 13.6 Å². The van der Waals surface area contributed by atoms with Crippen molar-refractivity contribution < 1.29 is 4.79 Å². The Bertz CT molecular complexity index is 595. The van der Waals surface area contributed by atoms with Crippen molar-refractivity contribution >= 4 is 6.03 Å². The third-order valence-electron chi connectivity index (χ3n) is 3.52. The van der Waals surface area contributed by atoms with Crippen LogP contribution in [0.4, 0.5) is 4.79 Å². The Morgan fingerprint density at radius 2 is 1.74 bits per heavy atom. The molecule has 1 aliphatic heterocycles. The number of hydrogen-bond donors (Lipinski definition) is 1. The summed E-state index contributed by atoms with van der Waals surface area (Å²) in [5.74, 6) is 0. The number of nitrogens with zero attached hydrogens (tertiary/aromatic N) is 1. The first kappa shape index (κ1) is 11.8. The number of amides is 2. The van der Waals surface area contributed by atoms with Gasteiger partial charge in [0.2, 0.25) is 0 Å². The summed E-state index contributed by atoms with van der Waals surface area (Å²) < 4.78 is 0. The molecule has 2 aromatic rings. The van der Waals surface area contributed by atoms with Crippen molar-refractivity contribution in [3.8, 4) is 0 Å². The highest BCUT2D eigenvalue weighted by molar-refractivity contribution is 5.76. The lowest BCUT2D eigenvalue weighted by atomic mass is 9.95. The summed E-state index contributed by atoms with van der Waals surface area (Å²) in [6, 6.07) is 18.2. The minimum Gasteiger partial charge on any atom is -0.327 e. The predicted octanol–water partition coefficient (Wildman–Crippen LogP) is 2.93. The molecule has 1 unspecified atom stereocenters. The molecular formula is C16H16N2O. The topological polar surface area (TPSA) is 32.3 Å². The Labute approximate surface area is 112 Å².